The zero-order valence-electron chi connectivity index (χ0n) is 9.44. The van der Waals surface area contributed by atoms with Gasteiger partial charge in [-0.2, -0.15) is 0 Å². The molecule has 0 fully saturated rings. The van der Waals surface area contributed by atoms with Gasteiger partial charge in [0.2, 0.25) is 0 Å². The molecule has 0 aromatic heterocycles. The summed E-state index contributed by atoms with van der Waals surface area (Å²) in [6.07, 6.45) is 4.26. The molecule has 86 valence electrons. The zero-order valence-corrected chi connectivity index (χ0v) is 11.6. The monoisotopic (exact) mass is 335 g/mol. The average Bonchev–Trinajstić information content (AvgIpc) is 2.38. The van der Waals surface area contributed by atoms with Crippen molar-refractivity contribution in [1.82, 2.24) is 0 Å². The molecule has 1 nitrogen and oxygen atoms in total. The molecule has 2 heteroatoms. The summed E-state index contributed by atoms with van der Waals surface area (Å²) < 4.78 is 1.26. The summed E-state index contributed by atoms with van der Waals surface area (Å²) >= 11 is 2.31. The fourth-order valence-electron chi connectivity index (χ4n) is 1.50. The van der Waals surface area contributed by atoms with Crippen molar-refractivity contribution in [3.05, 3.63) is 69.8 Å². The van der Waals surface area contributed by atoms with Gasteiger partial charge >= 0.3 is 0 Å². The minimum Gasteiger partial charge on any atom is -0.382 e. The van der Waals surface area contributed by atoms with E-state index in [1.807, 2.05) is 18.2 Å². The second-order valence-electron chi connectivity index (χ2n) is 3.70. The summed E-state index contributed by atoms with van der Waals surface area (Å²) in [6, 6.07) is 18.7. The standard InChI is InChI=1S/C15H14IN/c16-14-8-10-15(11-9-14)17-12-4-7-13-5-2-1-3-6-13/h1-11,17H,12H2/b7-4+. The molecule has 0 heterocycles. The van der Waals surface area contributed by atoms with Crippen LogP contribution in [0.25, 0.3) is 6.08 Å². The SMILES string of the molecule is Ic1ccc(NC/C=C/c2ccccc2)cc1. The highest BCUT2D eigenvalue weighted by Crippen LogP contribution is 2.10. The molecule has 0 radical (unpaired) electrons. The van der Waals surface area contributed by atoms with Gasteiger partial charge in [-0.3, -0.25) is 0 Å². The van der Waals surface area contributed by atoms with Gasteiger partial charge in [-0.05, 0) is 52.4 Å². The lowest BCUT2D eigenvalue weighted by Gasteiger charge is -2.02. The van der Waals surface area contributed by atoms with Crippen molar-refractivity contribution < 1.29 is 0 Å². The Labute approximate surface area is 116 Å². The molecule has 0 saturated carbocycles. The minimum atomic E-state index is 0.843. The van der Waals surface area contributed by atoms with E-state index in [1.165, 1.54) is 9.13 Å². The van der Waals surface area contributed by atoms with Crippen LogP contribution in [-0.4, -0.2) is 6.54 Å². The van der Waals surface area contributed by atoms with Crippen molar-refractivity contribution in [3.8, 4) is 0 Å². The van der Waals surface area contributed by atoms with E-state index in [-0.39, 0.29) is 0 Å². The van der Waals surface area contributed by atoms with E-state index in [9.17, 15) is 0 Å². The van der Waals surface area contributed by atoms with Gasteiger partial charge in [-0.15, -0.1) is 0 Å². The van der Waals surface area contributed by atoms with Crippen LogP contribution in [0, 0.1) is 3.57 Å². The third-order valence-electron chi connectivity index (χ3n) is 2.38. The Kier molecular flexibility index (Phi) is 4.62. The van der Waals surface area contributed by atoms with Crippen molar-refractivity contribution in [3.63, 3.8) is 0 Å². The second-order valence-corrected chi connectivity index (χ2v) is 4.95. The molecule has 0 saturated heterocycles. The van der Waals surface area contributed by atoms with Crippen LogP contribution in [-0.2, 0) is 0 Å². The quantitative estimate of drug-likeness (QED) is 0.816. The maximum Gasteiger partial charge on any atom is 0.0343 e. The Morgan fingerprint density at radius 2 is 1.65 bits per heavy atom. The lowest BCUT2D eigenvalue weighted by Crippen LogP contribution is -1.97. The van der Waals surface area contributed by atoms with Crippen LogP contribution >= 0.6 is 22.6 Å². The van der Waals surface area contributed by atoms with Crippen LogP contribution in [0.1, 0.15) is 5.56 Å². The summed E-state index contributed by atoms with van der Waals surface area (Å²) in [5, 5.41) is 3.35. The Hall–Kier alpha value is -1.29. The number of benzene rings is 2. The smallest absolute Gasteiger partial charge is 0.0343 e. The number of hydrogen-bond acceptors (Lipinski definition) is 1. The molecule has 1 N–H and O–H groups in total. The molecular formula is C15H14IN. The Morgan fingerprint density at radius 1 is 0.941 bits per heavy atom. The average molecular weight is 335 g/mol. The molecule has 0 amide bonds. The lowest BCUT2D eigenvalue weighted by atomic mass is 10.2. The van der Waals surface area contributed by atoms with Gasteiger partial charge in [0.05, 0.1) is 0 Å². The van der Waals surface area contributed by atoms with E-state index in [1.54, 1.807) is 0 Å². The van der Waals surface area contributed by atoms with Gasteiger partial charge in [0.1, 0.15) is 0 Å². The largest absolute Gasteiger partial charge is 0.382 e. The van der Waals surface area contributed by atoms with Crippen LogP contribution in [0.15, 0.2) is 60.7 Å². The van der Waals surface area contributed by atoms with E-state index in [2.05, 4.69) is 76.5 Å². The van der Waals surface area contributed by atoms with Crippen LogP contribution in [0.5, 0.6) is 0 Å². The van der Waals surface area contributed by atoms with Crippen molar-refractivity contribution >= 4 is 34.4 Å². The van der Waals surface area contributed by atoms with Gasteiger partial charge in [-0.1, -0.05) is 42.5 Å². The molecule has 0 aliphatic heterocycles. The summed E-state index contributed by atoms with van der Waals surface area (Å²) in [4.78, 5) is 0. The second kappa shape index (κ2) is 6.45. The molecule has 0 aliphatic carbocycles. The molecule has 0 spiro atoms. The third-order valence-corrected chi connectivity index (χ3v) is 3.10. The topological polar surface area (TPSA) is 12.0 Å². The van der Waals surface area contributed by atoms with Gasteiger partial charge in [0, 0.05) is 15.8 Å². The first-order valence-corrected chi connectivity index (χ1v) is 6.63. The minimum absolute atomic E-state index is 0.843. The molecular weight excluding hydrogens is 321 g/mol. The van der Waals surface area contributed by atoms with Crippen molar-refractivity contribution in [2.75, 3.05) is 11.9 Å². The van der Waals surface area contributed by atoms with Crippen molar-refractivity contribution in [1.29, 1.82) is 0 Å². The predicted octanol–water partition coefficient (Wildman–Crippen LogP) is 4.42. The molecule has 0 atom stereocenters. The molecule has 0 bridgehead atoms. The van der Waals surface area contributed by atoms with Gasteiger partial charge in [0.15, 0.2) is 0 Å². The Bertz CT molecular complexity index is 474. The molecule has 2 aromatic carbocycles. The molecule has 2 aromatic rings. The van der Waals surface area contributed by atoms with E-state index in [4.69, 9.17) is 0 Å². The fraction of sp³-hybridized carbons (Fsp3) is 0.0667. The van der Waals surface area contributed by atoms with Crippen LogP contribution < -0.4 is 5.32 Å². The summed E-state index contributed by atoms with van der Waals surface area (Å²) in [5.74, 6) is 0. The summed E-state index contributed by atoms with van der Waals surface area (Å²) in [5.41, 5.74) is 2.39. The predicted molar refractivity (Wildman–Crippen MR) is 83.1 cm³/mol. The van der Waals surface area contributed by atoms with Gasteiger partial charge in [-0.25, -0.2) is 0 Å². The number of hydrogen-bond donors (Lipinski definition) is 1. The van der Waals surface area contributed by atoms with Gasteiger partial charge < -0.3 is 5.32 Å². The summed E-state index contributed by atoms with van der Waals surface area (Å²) in [6.45, 7) is 0.843. The Balaban J connectivity index is 1.84. The zero-order chi connectivity index (χ0) is 11.9. The lowest BCUT2D eigenvalue weighted by molar-refractivity contribution is 1.34. The number of rotatable bonds is 4. The molecule has 2 rings (SSSR count). The maximum absolute atomic E-state index is 3.35. The van der Waals surface area contributed by atoms with E-state index in [0.29, 0.717) is 0 Å². The molecule has 17 heavy (non-hydrogen) atoms. The molecule has 0 unspecified atom stereocenters. The highest BCUT2D eigenvalue weighted by atomic mass is 127. The Morgan fingerprint density at radius 3 is 2.35 bits per heavy atom. The molecule has 0 aliphatic rings. The van der Waals surface area contributed by atoms with Crippen molar-refractivity contribution in [2.24, 2.45) is 0 Å². The number of anilines is 1. The van der Waals surface area contributed by atoms with Crippen LogP contribution in [0.2, 0.25) is 0 Å². The fourth-order valence-corrected chi connectivity index (χ4v) is 1.86. The van der Waals surface area contributed by atoms with E-state index in [0.717, 1.165) is 12.2 Å². The number of halogens is 1. The third kappa shape index (κ3) is 4.23. The first-order chi connectivity index (χ1) is 8.34. The first-order valence-electron chi connectivity index (χ1n) is 5.55. The normalized spacial score (nSPS) is 10.6. The highest BCUT2D eigenvalue weighted by molar-refractivity contribution is 14.1. The summed E-state index contributed by atoms with van der Waals surface area (Å²) in [7, 11) is 0. The van der Waals surface area contributed by atoms with Gasteiger partial charge in [0.25, 0.3) is 0 Å². The number of nitrogens with one attached hydrogen (secondary N) is 1. The highest BCUT2D eigenvalue weighted by Gasteiger charge is 1.89. The van der Waals surface area contributed by atoms with Crippen LogP contribution in [0.4, 0.5) is 5.69 Å². The maximum atomic E-state index is 3.35. The first kappa shape index (κ1) is 12.2. The van der Waals surface area contributed by atoms with Crippen LogP contribution in [0.3, 0.4) is 0 Å². The van der Waals surface area contributed by atoms with Crippen molar-refractivity contribution in [2.45, 2.75) is 0 Å². The van der Waals surface area contributed by atoms with E-state index >= 15 is 0 Å². The van der Waals surface area contributed by atoms with E-state index < -0.39 is 0 Å².